The summed E-state index contributed by atoms with van der Waals surface area (Å²) < 4.78 is 18.5. The predicted octanol–water partition coefficient (Wildman–Crippen LogP) is 2.13. The SMILES string of the molecule is CO[C@@]12CC[C@H](NCC(=O)OC(C)(C)C)[C@@H]3Oc4c(O)ccc5c4[C@@]31CCN(C)C2C5. The number of phenolic OH excluding ortho intramolecular Hbond substituents is 1. The highest BCUT2D eigenvalue weighted by atomic mass is 16.6. The van der Waals surface area contributed by atoms with Crippen molar-refractivity contribution in [2.45, 2.75) is 81.3 Å². The van der Waals surface area contributed by atoms with Crippen LogP contribution < -0.4 is 10.1 Å². The minimum atomic E-state index is -0.513. The molecule has 2 aliphatic heterocycles. The second-order valence-corrected chi connectivity index (χ2v) is 10.6. The van der Waals surface area contributed by atoms with E-state index in [0.29, 0.717) is 5.75 Å². The van der Waals surface area contributed by atoms with E-state index in [2.05, 4.69) is 17.3 Å². The molecule has 2 N–H and O–H groups in total. The molecular weight excluding hydrogens is 396 g/mol. The molecule has 5 rings (SSSR count). The summed E-state index contributed by atoms with van der Waals surface area (Å²) in [5.41, 5.74) is 1.14. The van der Waals surface area contributed by atoms with E-state index in [1.165, 1.54) is 5.56 Å². The van der Waals surface area contributed by atoms with Gasteiger partial charge < -0.3 is 29.5 Å². The quantitative estimate of drug-likeness (QED) is 0.709. The zero-order chi connectivity index (χ0) is 22.2. The molecule has 1 aromatic carbocycles. The third-order valence-electron chi connectivity index (χ3n) is 7.98. The van der Waals surface area contributed by atoms with Crippen LogP contribution in [0.3, 0.4) is 0 Å². The Hall–Kier alpha value is -1.83. The molecule has 4 aliphatic rings. The summed E-state index contributed by atoms with van der Waals surface area (Å²) in [7, 11) is 4.01. The summed E-state index contributed by atoms with van der Waals surface area (Å²) in [5.74, 6) is 0.534. The van der Waals surface area contributed by atoms with Crippen molar-refractivity contribution in [1.29, 1.82) is 0 Å². The highest BCUT2D eigenvalue weighted by Gasteiger charge is 2.73. The zero-order valence-corrected chi connectivity index (χ0v) is 19.2. The number of aromatic hydroxyl groups is 1. The standard InChI is InChI=1S/C24H34N2O5/c1-22(2,3)31-18(28)13-25-15-8-9-24(29-5)17-12-14-6-7-16(27)20-19(14)23(24,21(15)30-20)10-11-26(17)4/h6-7,15,17,21,25,27H,8-13H2,1-5H3/t15-,17?,21-,23-,24+/m0/s1. The smallest absolute Gasteiger partial charge is 0.320 e. The van der Waals surface area contributed by atoms with E-state index in [-0.39, 0.29) is 47.5 Å². The first-order valence-corrected chi connectivity index (χ1v) is 11.4. The van der Waals surface area contributed by atoms with Gasteiger partial charge in [-0.15, -0.1) is 0 Å². The van der Waals surface area contributed by atoms with E-state index in [4.69, 9.17) is 14.2 Å². The van der Waals surface area contributed by atoms with Crippen molar-refractivity contribution < 1.29 is 24.1 Å². The molecule has 1 unspecified atom stereocenters. The lowest BCUT2D eigenvalue weighted by Crippen LogP contribution is -2.78. The Balaban J connectivity index is 1.54. The van der Waals surface area contributed by atoms with Gasteiger partial charge in [0.2, 0.25) is 0 Å². The minimum Gasteiger partial charge on any atom is -0.504 e. The third-order valence-corrected chi connectivity index (χ3v) is 7.98. The average Bonchev–Trinajstić information content (AvgIpc) is 3.05. The van der Waals surface area contributed by atoms with Gasteiger partial charge in [0.05, 0.1) is 17.6 Å². The van der Waals surface area contributed by atoms with Crippen LogP contribution in [0.1, 0.15) is 51.2 Å². The monoisotopic (exact) mass is 430 g/mol. The summed E-state index contributed by atoms with van der Waals surface area (Å²) in [6.45, 7) is 6.71. The van der Waals surface area contributed by atoms with Crippen LogP contribution in [0.15, 0.2) is 12.1 Å². The molecule has 31 heavy (non-hydrogen) atoms. The molecule has 0 amide bonds. The first-order chi connectivity index (χ1) is 14.6. The molecule has 7 heteroatoms. The van der Waals surface area contributed by atoms with Crippen LogP contribution in [0.25, 0.3) is 0 Å². The highest BCUT2D eigenvalue weighted by molar-refractivity contribution is 5.72. The van der Waals surface area contributed by atoms with Crippen molar-refractivity contribution in [3.05, 3.63) is 23.3 Å². The average molecular weight is 431 g/mol. The molecule has 0 aromatic heterocycles. The maximum Gasteiger partial charge on any atom is 0.320 e. The van der Waals surface area contributed by atoms with Crippen molar-refractivity contribution in [3.8, 4) is 11.5 Å². The molecule has 7 nitrogen and oxygen atoms in total. The van der Waals surface area contributed by atoms with Crippen LogP contribution >= 0.6 is 0 Å². The molecule has 0 radical (unpaired) electrons. The Bertz CT molecular complexity index is 912. The van der Waals surface area contributed by atoms with Crippen molar-refractivity contribution >= 4 is 5.97 Å². The van der Waals surface area contributed by atoms with Gasteiger partial charge >= 0.3 is 5.97 Å². The number of hydrogen-bond acceptors (Lipinski definition) is 7. The molecule has 170 valence electrons. The fourth-order valence-electron chi connectivity index (χ4n) is 6.94. The number of hydrogen-bond donors (Lipinski definition) is 2. The lowest BCUT2D eigenvalue weighted by molar-refractivity contribution is -0.203. The van der Waals surface area contributed by atoms with E-state index in [1.54, 1.807) is 6.07 Å². The van der Waals surface area contributed by atoms with E-state index >= 15 is 0 Å². The van der Waals surface area contributed by atoms with Crippen molar-refractivity contribution in [1.82, 2.24) is 10.2 Å². The fraction of sp³-hybridized carbons (Fsp3) is 0.708. The number of nitrogens with zero attached hydrogens (tertiary/aromatic N) is 1. The number of carbonyl (C=O) groups is 1. The number of ether oxygens (including phenoxy) is 3. The second-order valence-electron chi connectivity index (χ2n) is 10.6. The van der Waals surface area contributed by atoms with Gasteiger partial charge in [-0.05, 0) is 71.7 Å². The van der Waals surface area contributed by atoms with Gasteiger partial charge in [-0.2, -0.15) is 0 Å². The van der Waals surface area contributed by atoms with Crippen LogP contribution in [-0.2, 0) is 26.1 Å². The van der Waals surface area contributed by atoms with Gasteiger partial charge in [0.25, 0.3) is 0 Å². The Labute approximate surface area is 184 Å². The summed E-state index contributed by atoms with van der Waals surface area (Å²) in [5, 5.41) is 14.1. The number of rotatable bonds is 4. The fourth-order valence-corrected chi connectivity index (χ4v) is 6.94. The van der Waals surface area contributed by atoms with E-state index in [0.717, 1.165) is 37.8 Å². The Morgan fingerprint density at radius 2 is 2.13 bits per heavy atom. The molecule has 5 atom stereocenters. The lowest BCUT2D eigenvalue weighted by atomic mass is 9.48. The topological polar surface area (TPSA) is 80.3 Å². The number of likely N-dealkylation sites (N-methyl/N-ethyl adjacent to an activating group) is 1. The number of likely N-dealkylation sites (tertiary alicyclic amines) is 1. The summed E-state index contributed by atoms with van der Waals surface area (Å²) in [6, 6.07) is 4.02. The second kappa shape index (κ2) is 6.83. The van der Waals surface area contributed by atoms with Gasteiger partial charge in [-0.1, -0.05) is 6.07 Å². The summed E-state index contributed by atoms with van der Waals surface area (Å²) >= 11 is 0. The maximum atomic E-state index is 12.4. The molecule has 1 aromatic rings. The molecular formula is C24H34N2O5. The Morgan fingerprint density at radius 3 is 2.84 bits per heavy atom. The van der Waals surface area contributed by atoms with Gasteiger partial charge in [-0.25, -0.2) is 0 Å². The zero-order valence-electron chi connectivity index (χ0n) is 19.2. The Kier molecular flexibility index (Phi) is 4.64. The summed E-state index contributed by atoms with van der Waals surface area (Å²) in [4.78, 5) is 14.8. The molecule has 2 aliphatic carbocycles. The molecule has 1 saturated carbocycles. The lowest BCUT2D eigenvalue weighted by Gasteiger charge is -2.65. The number of piperidine rings is 1. The van der Waals surface area contributed by atoms with Gasteiger partial charge in [0.1, 0.15) is 11.7 Å². The number of benzene rings is 1. The van der Waals surface area contributed by atoms with Crippen LogP contribution in [0.5, 0.6) is 11.5 Å². The van der Waals surface area contributed by atoms with E-state index < -0.39 is 5.60 Å². The first-order valence-electron chi connectivity index (χ1n) is 11.4. The van der Waals surface area contributed by atoms with E-state index in [1.807, 2.05) is 33.9 Å². The number of phenols is 1. The van der Waals surface area contributed by atoms with Gasteiger partial charge in [0, 0.05) is 24.8 Å². The molecule has 1 saturated heterocycles. The number of carbonyl (C=O) groups excluding carboxylic acids is 1. The molecule has 2 bridgehead atoms. The summed E-state index contributed by atoms with van der Waals surface area (Å²) in [6.07, 6.45) is 3.28. The highest BCUT2D eigenvalue weighted by Crippen LogP contribution is 2.66. The largest absolute Gasteiger partial charge is 0.504 e. The Morgan fingerprint density at radius 1 is 1.35 bits per heavy atom. The normalized spacial score (nSPS) is 36.0. The van der Waals surface area contributed by atoms with Crippen molar-refractivity contribution in [2.75, 3.05) is 27.2 Å². The first kappa shape index (κ1) is 21.0. The molecule has 2 heterocycles. The van der Waals surface area contributed by atoms with E-state index in [9.17, 15) is 9.90 Å². The molecule has 2 fully saturated rings. The van der Waals surface area contributed by atoms with Gasteiger partial charge in [-0.3, -0.25) is 4.79 Å². The van der Waals surface area contributed by atoms with Crippen molar-refractivity contribution in [3.63, 3.8) is 0 Å². The number of esters is 1. The third kappa shape index (κ3) is 2.79. The van der Waals surface area contributed by atoms with Gasteiger partial charge in [0.15, 0.2) is 11.5 Å². The predicted molar refractivity (Wildman–Crippen MR) is 116 cm³/mol. The minimum absolute atomic E-state index is 0.0300. The molecule has 1 spiro atoms. The van der Waals surface area contributed by atoms with Crippen molar-refractivity contribution in [2.24, 2.45) is 0 Å². The number of methoxy groups -OCH3 is 1. The van der Waals surface area contributed by atoms with Crippen LogP contribution in [0.2, 0.25) is 0 Å². The van der Waals surface area contributed by atoms with Crippen LogP contribution in [0.4, 0.5) is 0 Å². The van der Waals surface area contributed by atoms with Crippen LogP contribution in [0, 0.1) is 0 Å². The van der Waals surface area contributed by atoms with Crippen LogP contribution in [-0.4, -0.2) is 72.6 Å². The number of nitrogens with one attached hydrogen (secondary N) is 1. The maximum absolute atomic E-state index is 12.4.